The number of amides is 1. The molecule has 1 amide bonds. The van der Waals surface area contributed by atoms with Gasteiger partial charge in [-0.05, 0) is 18.2 Å². The van der Waals surface area contributed by atoms with Crippen LogP contribution in [0.15, 0.2) is 24.4 Å². The number of nitrogens with one attached hydrogen (secondary N) is 1. The van der Waals surface area contributed by atoms with Gasteiger partial charge in [0.05, 0.1) is 17.3 Å². The molecule has 7 heteroatoms. The van der Waals surface area contributed by atoms with Gasteiger partial charge in [-0.25, -0.2) is 4.98 Å². The third-order valence-corrected chi connectivity index (χ3v) is 2.74. The fourth-order valence-corrected chi connectivity index (χ4v) is 1.73. The number of hydrogen-bond acceptors (Lipinski definition) is 3. The molecule has 0 aliphatic heterocycles. The SMILES string of the molecule is Cn1ccc(CNC(=O)c2nc(Cl)ccc2Cl)n1. The Balaban J connectivity index is 2.05. The molecule has 2 aromatic heterocycles. The molecule has 2 rings (SSSR count). The van der Waals surface area contributed by atoms with Crippen molar-refractivity contribution in [2.24, 2.45) is 7.05 Å². The summed E-state index contributed by atoms with van der Waals surface area (Å²) in [6.45, 7) is 0.310. The minimum Gasteiger partial charge on any atom is -0.345 e. The molecule has 0 spiro atoms. The Labute approximate surface area is 114 Å². The molecule has 0 saturated carbocycles. The van der Waals surface area contributed by atoms with Crippen molar-refractivity contribution in [2.75, 3.05) is 0 Å². The average Bonchev–Trinajstić information content (AvgIpc) is 2.75. The fraction of sp³-hybridized carbons (Fsp3) is 0.182. The van der Waals surface area contributed by atoms with E-state index in [1.807, 2.05) is 6.07 Å². The first-order valence-corrected chi connectivity index (χ1v) is 5.90. The van der Waals surface area contributed by atoms with Crippen molar-refractivity contribution in [3.05, 3.63) is 46.0 Å². The summed E-state index contributed by atoms with van der Waals surface area (Å²) < 4.78 is 1.66. The molecule has 2 aromatic rings. The lowest BCUT2D eigenvalue weighted by atomic mass is 10.3. The number of nitrogens with zero attached hydrogens (tertiary/aromatic N) is 3. The van der Waals surface area contributed by atoms with Gasteiger partial charge in [-0.15, -0.1) is 0 Å². The molecule has 0 unspecified atom stereocenters. The topological polar surface area (TPSA) is 59.8 Å². The zero-order chi connectivity index (χ0) is 13.1. The maximum Gasteiger partial charge on any atom is 0.271 e. The van der Waals surface area contributed by atoms with Crippen molar-refractivity contribution in [2.45, 2.75) is 6.54 Å². The van der Waals surface area contributed by atoms with Gasteiger partial charge in [0.1, 0.15) is 10.8 Å². The Kier molecular flexibility index (Phi) is 3.84. The van der Waals surface area contributed by atoms with Crippen molar-refractivity contribution in [1.29, 1.82) is 0 Å². The van der Waals surface area contributed by atoms with E-state index in [-0.39, 0.29) is 21.8 Å². The molecule has 0 radical (unpaired) electrons. The molecule has 0 aliphatic rings. The minimum absolute atomic E-state index is 0.111. The second-order valence-electron chi connectivity index (χ2n) is 3.63. The van der Waals surface area contributed by atoms with E-state index >= 15 is 0 Å². The van der Waals surface area contributed by atoms with E-state index in [0.29, 0.717) is 6.54 Å². The second kappa shape index (κ2) is 5.37. The van der Waals surface area contributed by atoms with Crippen molar-refractivity contribution in [3.63, 3.8) is 0 Å². The number of aromatic nitrogens is 3. The maximum atomic E-state index is 11.8. The normalized spacial score (nSPS) is 10.4. The van der Waals surface area contributed by atoms with Gasteiger partial charge >= 0.3 is 0 Å². The first kappa shape index (κ1) is 12.9. The van der Waals surface area contributed by atoms with Crippen LogP contribution in [-0.2, 0) is 13.6 Å². The molecule has 0 fully saturated rings. The van der Waals surface area contributed by atoms with Gasteiger partial charge in [-0.2, -0.15) is 5.10 Å². The first-order chi connectivity index (χ1) is 8.56. The largest absolute Gasteiger partial charge is 0.345 e. The van der Waals surface area contributed by atoms with Crippen LogP contribution in [0.4, 0.5) is 0 Å². The third-order valence-electron chi connectivity index (χ3n) is 2.23. The van der Waals surface area contributed by atoms with Crippen LogP contribution in [-0.4, -0.2) is 20.7 Å². The molecule has 0 saturated heterocycles. The van der Waals surface area contributed by atoms with E-state index in [9.17, 15) is 4.79 Å². The van der Waals surface area contributed by atoms with Crippen LogP contribution in [0, 0.1) is 0 Å². The highest BCUT2D eigenvalue weighted by Gasteiger charge is 2.12. The van der Waals surface area contributed by atoms with Crippen molar-refractivity contribution in [3.8, 4) is 0 Å². The van der Waals surface area contributed by atoms with E-state index in [1.165, 1.54) is 12.1 Å². The number of hydrogen-bond donors (Lipinski definition) is 1. The van der Waals surface area contributed by atoms with E-state index < -0.39 is 0 Å². The van der Waals surface area contributed by atoms with Crippen LogP contribution in [0.1, 0.15) is 16.2 Å². The van der Waals surface area contributed by atoms with E-state index in [1.54, 1.807) is 17.9 Å². The predicted molar refractivity (Wildman–Crippen MR) is 68.6 cm³/mol. The number of carbonyl (C=O) groups is 1. The van der Waals surface area contributed by atoms with Gasteiger partial charge in [-0.1, -0.05) is 23.2 Å². The Morgan fingerprint density at radius 2 is 2.17 bits per heavy atom. The lowest BCUT2D eigenvalue weighted by molar-refractivity contribution is 0.0945. The summed E-state index contributed by atoms with van der Waals surface area (Å²) in [4.78, 5) is 15.7. The van der Waals surface area contributed by atoms with E-state index in [2.05, 4.69) is 15.4 Å². The van der Waals surface area contributed by atoms with Crippen LogP contribution in [0.2, 0.25) is 10.2 Å². The smallest absolute Gasteiger partial charge is 0.271 e. The van der Waals surface area contributed by atoms with Gasteiger partial charge in [0.25, 0.3) is 5.91 Å². The third kappa shape index (κ3) is 3.00. The highest BCUT2D eigenvalue weighted by atomic mass is 35.5. The number of pyridine rings is 1. The lowest BCUT2D eigenvalue weighted by Crippen LogP contribution is -2.24. The zero-order valence-electron chi connectivity index (χ0n) is 9.52. The molecule has 18 heavy (non-hydrogen) atoms. The van der Waals surface area contributed by atoms with Crippen LogP contribution in [0.25, 0.3) is 0 Å². The Morgan fingerprint density at radius 3 is 2.83 bits per heavy atom. The lowest BCUT2D eigenvalue weighted by Gasteiger charge is -2.04. The molecule has 5 nitrogen and oxygen atoms in total. The number of carbonyl (C=O) groups excluding carboxylic acids is 1. The number of rotatable bonds is 3. The van der Waals surface area contributed by atoms with E-state index in [0.717, 1.165) is 5.69 Å². The van der Waals surface area contributed by atoms with Gasteiger partial charge in [0.2, 0.25) is 0 Å². The Hall–Kier alpha value is -1.59. The fourth-order valence-electron chi connectivity index (χ4n) is 1.39. The van der Waals surface area contributed by atoms with Gasteiger partial charge in [0, 0.05) is 13.2 Å². The second-order valence-corrected chi connectivity index (χ2v) is 4.42. The molecule has 0 atom stereocenters. The zero-order valence-corrected chi connectivity index (χ0v) is 11.0. The van der Waals surface area contributed by atoms with Crippen LogP contribution >= 0.6 is 23.2 Å². The Morgan fingerprint density at radius 1 is 1.39 bits per heavy atom. The van der Waals surface area contributed by atoms with Gasteiger partial charge < -0.3 is 5.32 Å². The summed E-state index contributed by atoms with van der Waals surface area (Å²) in [6, 6.07) is 4.87. The molecular formula is C11H10Cl2N4O. The van der Waals surface area contributed by atoms with Crippen molar-refractivity contribution in [1.82, 2.24) is 20.1 Å². The monoisotopic (exact) mass is 284 g/mol. The molecule has 0 aliphatic carbocycles. The summed E-state index contributed by atoms with van der Waals surface area (Å²) >= 11 is 11.6. The number of aryl methyl sites for hydroxylation is 1. The van der Waals surface area contributed by atoms with Crippen molar-refractivity contribution >= 4 is 29.1 Å². The number of halogens is 2. The van der Waals surface area contributed by atoms with Crippen LogP contribution in [0.3, 0.4) is 0 Å². The molecule has 2 heterocycles. The quantitative estimate of drug-likeness (QED) is 0.878. The minimum atomic E-state index is -0.381. The summed E-state index contributed by atoms with van der Waals surface area (Å²) in [5, 5.41) is 7.30. The molecule has 0 bridgehead atoms. The molecule has 1 N–H and O–H groups in total. The summed E-state index contributed by atoms with van der Waals surface area (Å²) in [5.74, 6) is -0.381. The summed E-state index contributed by atoms with van der Waals surface area (Å²) in [6.07, 6.45) is 1.80. The maximum absolute atomic E-state index is 11.8. The summed E-state index contributed by atoms with van der Waals surface area (Å²) in [5.41, 5.74) is 0.865. The molecular weight excluding hydrogens is 275 g/mol. The molecule has 0 aromatic carbocycles. The first-order valence-electron chi connectivity index (χ1n) is 5.15. The van der Waals surface area contributed by atoms with E-state index in [4.69, 9.17) is 23.2 Å². The highest BCUT2D eigenvalue weighted by molar-refractivity contribution is 6.34. The predicted octanol–water partition coefficient (Wildman–Crippen LogP) is 2.05. The molecule has 94 valence electrons. The van der Waals surface area contributed by atoms with Gasteiger partial charge in [-0.3, -0.25) is 9.48 Å². The Bertz CT molecular complexity index is 582. The van der Waals surface area contributed by atoms with Crippen molar-refractivity contribution < 1.29 is 4.79 Å². The van der Waals surface area contributed by atoms with Gasteiger partial charge in [0.15, 0.2) is 0 Å². The average molecular weight is 285 g/mol. The highest BCUT2D eigenvalue weighted by Crippen LogP contribution is 2.16. The summed E-state index contributed by atoms with van der Waals surface area (Å²) in [7, 11) is 1.81. The van der Waals surface area contributed by atoms with Crippen LogP contribution in [0.5, 0.6) is 0 Å². The standard InChI is InChI=1S/C11H10Cl2N4O/c1-17-5-4-7(16-17)6-14-11(18)10-8(12)2-3-9(13)15-10/h2-5H,6H2,1H3,(H,14,18). The van der Waals surface area contributed by atoms with Crippen LogP contribution < -0.4 is 5.32 Å².